The Labute approximate surface area is 167 Å². The van der Waals surface area contributed by atoms with Crippen LogP contribution in [0.2, 0.25) is 10.0 Å². The summed E-state index contributed by atoms with van der Waals surface area (Å²) in [5, 5.41) is 9.43. The van der Waals surface area contributed by atoms with Gasteiger partial charge in [0.2, 0.25) is 0 Å². The lowest BCUT2D eigenvalue weighted by molar-refractivity contribution is 0.247. The predicted molar refractivity (Wildman–Crippen MR) is 109 cm³/mol. The molecule has 2 aromatic carbocycles. The van der Waals surface area contributed by atoms with Crippen molar-refractivity contribution in [2.75, 3.05) is 37.6 Å². The highest BCUT2D eigenvalue weighted by Crippen LogP contribution is 2.36. The molecule has 0 radical (unpaired) electrons. The normalized spacial score (nSPS) is 18.4. The topological polar surface area (TPSA) is 45.4 Å². The molecular formula is C20H20Cl2N4O. The van der Waals surface area contributed by atoms with Crippen molar-refractivity contribution in [3.8, 4) is 11.1 Å². The predicted octanol–water partition coefficient (Wildman–Crippen LogP) is 4.73. The third-order valence-electron chi connectivity index (χ3n) is 5.55. The van der Waals surface area contributed by atoms with Gasteiger partial charge in [-0.15, -0.1) is 0 Å². The van der Waals surface area contributed by atoms with E-state index in [0.29, 0.717) is 16.0 Å². The molecule has 2 fully saturated rings. The van der Waals surface area contributed by atoms with Crippen molar-refractivity contribution in [2.24, 2.45) is 5.92 Å². The van der Waals surface area contributed by atoms with E-state index in [0.717, 1.165) is 40.9 Å². The SMILES string of the molecule is Clc1cc(Cl)cc(-c2cc(N3CC(CN4CCCC4)C3)c3nonc3c2)c1. The highest BCUT2D eigenvalue weighted by Gasteiger charge is 2.31. The first-order valence-corrected chi connectivity index (χ1v) is 10.1. The van der Waals surface area contributed by atoms with Gasteiger partial charge in [0.15, 0.2) is 5.52 Å². The fourth-order valence-corrected chi connectivity index (χ4v) is 4.74. The van der Waals surface area contributed by atoms with Gasteiger partial charge in [0.25, 0.3) is 0 Å². The number of rotatable bonds is 4. The number of anilines is 1. The average Bonchev–Trinajstić information content (AvgIpc) is 3.27. The molecule has 0 saturated carbocycles. The summed E-state index contributed by atoms with van der Waals surface area (Å²) >= 11 is 12.4. The molecule has 0 bridgehead atoms. The number of nitrogens with zero attached hydrogens (tertiary/aromatic N) is 4. The molecule has 1 aromatic heterocycles. The largest absolute Gasteiger partial charge is 0.369 e. The number of likely N-dealkylation sites (tertiary alicyclic amines) is 1. The van der Waals surface area contributed by atoms with Crippen LogP contribution in [0.25, 0.3) is 22.2 Å². The van der Waals surface area contributed by atoms with Crippen molar-refractivity contribution < 1.29 is 4.63 Å². The number of aromatic nitrogens is 2. The van der Waals surface area contributed by atoms with Crippen molar-refractivity contribution in [1.29, 1.82) is 0 Å². The third kappa shape index (κ3) is 3.40. The van der Waals surface area contributed by atoms with Gasteiger partial charge in [0.1, 0.15) is 5.52 Å². The maximum Gasteiger partial charge on any atom is 0.158 e. The van der Waals surface area contributed by atoms with Gasteiger partial charge >= 0.3 is 0 Å². The molecule has 0 N–H and O–H groups in total. The highest BCUT2D eigenvalue weighted by atomic mass is 35.5. The molecule has 140 valence electrons. The Bertz CT molecular complexity index is 957. The summed E-state index contributed by atoms with van der Waals surface area (Å²) in [6, 6.07) is 9.68. The lowest BCUT2D eigenvalue weighted by Crippen LogP contribution is -2.51. The molecule has 5 nitrogen and oxygen atoms in total. The van der Waals surface area contributed by atoms with E-state index in [-0.39, 0.29) is 0 Å². The summed E-state index contributed by atoms with van der Waals surface area (Å²) < 4.78 is 5.01. The summed E-state index contributed by atoms with van der Waals surface area (Å²) in [4.78, 5) is 4.95. The molecule has 2 aliphatic heterocycles. The van der Waals surface area contributed by atoms with Crippen LogP contribution in [0.3, 0.4) is 0 Å². The quantitative estimate of drug-likeness (QED) is 0.630. The van der Waals surface area contributed by atoms with Crippen molar-refractivity contribution >= 4 is 39.9 Å². The van der Waals surface area contributed by atoms with Crippen LogP contribution in [0.4, 0.5) is 5.69 Å². The number of halogens is 2. The monoisotopic (exact) mass is 402 g/mol. The molecular weight excluding hydrogens is 383 g/mol. The van der Waals surface area contributed by atoms with E-state index in [1.54, 1.807) is 6.07 Å². The zero-order valence-corrected chi connectivity index (χ0v) is 16.4. The van der Waals surface area contributed by atoms with Crippen LogP contribution in [-0.2, 0) is 0 Å². The van der Waals surface area contributed by atoms with Crippen molar-refractivity contribution in [3.63, 3.8) is 0 Å². The molecule has 3 aromatic rings. The Morgan fingerprint density at radius 2 is 1.63 bits per heavy atom. The van der Waals surface area contributed by atoms with E-state index in [4.69, 9.17) is 27.8 Å². The Balaban J connectivity index is 1.43. The first kappa shape index (κ1) is 17.3. The van der Waals surface area contributed by atoms with Crippen LogP contribution >= 0.6 is 23.2 Å². The summed E-state index contributed by atoms with van der Waals surface area (Å²) in [7, 11) is 0. The van der Waals surface area contributed by atoms with Gasteiger partial charge in [-0.3, -0.25) is 0 Å². The molecule has 0 atom stereocenters. The lowest BCUT2D eigenvalue weighted by atomic mass is 9.96. The first-order chi connectivity index (χ1) is 13.2. The Morgan fingerprint density at radius 3 is 2.37 bits per heavy atom. The van der Waals surface area contributed by atoms with E-state index in [2.05, 4.69) is 26.2 Å². The van der Waals surface area contributed by atoms with Crippen LogP contribution in [-0.4, -0.2) is 47.9 Å². The van der Waals surface area contributed by atoms with Gasteiger partial charge in [0.05, 0.1) is 5.69 Å². The second-order valence-corrected chi connectivity index (χ2v) is 8.44. The fourth-order valence-electron chi connectivity index (χ4n) is 4.21. The maximum atomic E-state index is 6.19. The standard InChI is InChI=1S/C20H20Cl2N4O/c21-16-5-14(6-17(22)9-16)15-7-18-20(24-27-23-18)19(8-15)26-11-13(12-26)10-25-3-1-2-4-25/h5-9,13H,1-4,10-12H2. The molecule has 0 amide bonds. The highest BCUT2D eigenvalue weighted by molar-refractivity contribution is 6.35. The number of fused-ring (bicyclic) bond motifs is 1. The smallest absolute Gasteiger partial charge is 0.158 e. The number of hydrogen-bond acceptors (Lipinski definition) is 5. The second kappa shape index (κ2) is 6.97. The van der Waals surface area contributed by atoms with Gasteiger partial charge in [-0.05, 0) is 77.7 Å². The number of benzene rings is 2. The molecule has 0 unspecified atom stereocenters. The summed E-state index contributed by atoms with van der Waals surface area (Å²) in [5.74, 6) is 0.710. The minimum absolute atomic E-state index is 0.618. The Morgan fingerprint density at radius 1 is 0.926 bits per heavy atom. The van der Waals surface area contributed by atoms with Crippen LogP contribution in [0, 0.1) is 5.92 Å². The van der Waals surface area contributed by atoms with Crippen LogP contribution in [0.5, 0.6) is 0 Å². The minimum Gasteiger partial charge on any atom is -0.369 e. The van der Waals surface area contributed by atoms with E-state index in [1.165, 1.54) is 32.5 Å². The summed E-state index contributed by atoms with van der Waals surface area (Å²) in [6.07, 6.45) is 2.68. The number of hydrogen-bond donors (Lipinski definition) is 0. The molecule has 2 aliphatic rings. The molecule has 0 aliphatic carbocycles. The fraction of sp³-hybridized carbons (Fsp3) is 0.400. The maximum absolute atomic E-state index is 6.19. The van der Waals surface area contributed by atoms with E-state index >= 15 is 0 Å². The van der Waals surface area contributed by atoms with E-state index in [1.807, 2.05) is 18.2 Å². The Kier molecular flexibility index (Phi) is 4.46. The Hall–Kier alpha value is -1.82. The molecule has 27 heavy (non-hydrogen) atoms. The zero-order chi connectivity index (χ0) is 18.4. The van der Waals surface area contributed by atoms with Gasteiger partial charge in [-0.1, -0.05) is 23.2 Å². The first-order valence-electron chi connectivity index (χ1n) is 9.36. The van der Waals surface area contributed by atoms with Gasteiger partial charge in [-0.2, -0.15) is 0 Å². The lowest BCUT2D eigenvalue weighted by Gasteiger charge is -2.42. The minimum atomic E-state index is 0.618. The zero-order valence-electron chi connectivity index (χ0n) is 14.9. The molecule has 5 rings (SSSR count). The van der Waals surface area contributed by atoms with E-state index in [9.17, 15) is 0 Å². The van der Waals surface area contributed by atoms with Crippen molar-refractivity contribution in [2.45, 2.75) is 12.8 Å². The van der Waals surface area contributed by atoms with Crippen molar-refractivity contribution in [3.05, 3.63) is 40.4 Å². The molecule has 3 heterocycles. The molecule has 2 saturated heterocycles. The summed E-state index contributed by atoms with van der Waals surface area (Å²) in [5.41, 5.74) is 4.61. The van der Waals surface area contributed by atoms with Crippen LogP contribution < -0.4 is 4.90 Å². The van der Waals surface area contributed by atoms with Crippen LogP contribution in [0.1, 0.15) is 12.8 Å². The third-order valence-corrected chi connectivity index (χ3v) is 5.99. The molecule has 7 heteroatoms. The van der Waals surface area contributed by atoms with Gasteiger partial charge < -0.3 is 9.80 Å². The second-order valence-electron chi connectivity index (χ2n) is 7.56. The van der Waals surface area contributed by atoms with E-state index < -0.39 is 0 Å². The average molecular weight is 403 g/mol. The van der Waals surface area contributed by atoms with Crippen molar-refractivity contribution in [1.82, 2.24) is 15.2 Å². The van der Waals surface area contributed by atoms with Gasteiger partial charge in [0, 0.05) is 35.6 Å². The van der Waals surface area contributed by atoms with Crippen LogP contribution in [0.15, 0.2) is 35.0 Å². The summed E-state index contributed by atoms with van der Waals surface area (Å²) in [6.45, 7) is 5.77. The molecule has 0 spiro atoms. The van der Waals surface area contributed by atoms with Gasteiger partial charge in [-0.25, -0.2) is 4.63 Å².